The number of hydrogen-bond acceptors (Lipinski definition) is 3. The molecule has 0 saturated heterocycles. The summed E-state index contributed by atoms with van der Waals surface area (Å²) in [6.45, 7) is 0.609. The van der Waals surface area contributed by atoms with Gasteiger partial charge in [0.1, 0.15) is 0 Å². The first-order valence-electron chi connectivity index (χ1n) is 8.70. The Labute approximate surface area is 162 Å². The van der Waals surface area contributed by atoms with Crippen LogP contribution < -0.4 is 0 Å². The van der Waals surface area contributed by atoms with Crippen LogP contribution in [0.1, 0.15) is 15.2 Å². The monoisotopic (exact) mass is 373 g/mol. The molecule has 4 aromatic rings. The molecule has 0 aliphatic rings. The molecule has 1 amide bonds. The highest BCUT2D eigenvalue weighted by Crippen LogP contribution is 2.23. The Morgan fingerprint density at radius 3 is 2.67 bits per heavy atom. The Morgan fingerprint density at radius 1 is 1.04 bits per heavy atom. The van der Waals surface area contributed by atoms with Crippen LogP contribution in [-0.2, 0) is 6.54 Å². The summed E-state index contributed by atoms with van der Waals surface area (Å²) >= 11 is 1.66. The van der Waals surface area contributed by atoms with E-state index in [-0.39, 0.29) is 5.91 Å². The normalized spacial score (nSPS) is 10.7. The largest absolute Gasteiger partial charge is 0.337 e. The van der Waals surface area contributed by atoms with Gasteiger partial charge in [-0.15, -0.1) is 11.3 Å². The van der Waals surface area contributed by atoms with E-state index < -0.39 is 0 Å². The van der Waals surface area contributed by atoms with E-state index in [1.165, 1.54) is 4.88 Å². The van der Waals surface area contributed by atoms with Crippen molar-refractivity contribution in [1.29, 1.82) is 0 Å². The van der Waals surface area contributed by atoms with Crippen molar-refractivity contribution < 1.29 is 4.79 Å². The lowest BCUT2D eigenvalue weighted by Gasteiger charge is -2.17. The van der Waals surface area contributed by atoms with E-state index in [1.807, 2.05) is 77.8 Å². The molecule has 2 aromatic heterocycles. The van der Waals surface area contributed by atoms with Crippen LogP contribution in [0.4, 0.5) is 0 Å². The molecule has 27 heavy (non-hydrogen) atoms. The number of hydrogen-bond donors (Lipinski definition) is 0. The minimum Gasteiger partial charge on any atom is -0.337 e. The highest BCUT2D eigenvalue weighted by molar-refractivity contribution is 7.09. The summed E-state index contributed by atoms with van der Waals surface area (Å²) in [5, 5.41) is 6.49. The van der Waals surface area contributed by atoms with Crippen LogP contribution in [-0.4, -0.2) is 27.6 Å². The molecule has 0 aliphatic carbocycles. The van der Waals surface area contributed by atoms with Crippen LogP contribution in [0.15, 0.2) is 84.4 Å². The quantitative estimate of drug-likeness (QED) is 0.500. The summed E-state index contributed by atoms with van der Waals surface area (Å²) in [6.07, 6.45) is 1.78. The molecule has 0 atom stereocenters. The molecule has 0 radical (unpaired) electrons. The maximum atomic E-state index is 12.8. The zero-order chi connectivity index (χ0) is 18.6. The summed E-state index contributed by atoms with van der Waals surface area (Å²) in [5.74, 6) is -0.00123. The van der Waals surface area contributed by atoms with Crippen LogP contribution in [0.3, 0.4) is 0 Å². The van der Waals surface area contributed by atoms with Gasteiger partial charge in [-0.05, 0) is 35.7 Å². The number of amides is 1. The number of nitrogens with zero attached hydrogens (tertiary/aromatic N) is 3. The molecule has 0 N–H and O–H groups in total. The molecular weight excluding hydrogens is 354 g/mol. The van der Waals surface area contributed by atoms with Gasteiger partial charge in [-0.1, -0.05) is 42.5 Å². The van der Waals surface area contributed by atoms with E-state index in [0.717, 1.165) is 16.9 Å². The maximum Gasteiger partial charge on any atom is 0.253 e. The first-order chi connectivity index (χ1) is 13.2. The standard InChI is InChI=1S/C22H19N3OS/c1-24(16-20-11-6-14-27-20)22(26)18-9-5-10-19(15-18)25-21(12-13-23-25)17-7-3-2-4-8-17/h2-15H,16H2,1H3. The topological polar surface area (TPSA) is 38.1 Å². The van der Waals surface area contributed by atoms with Gasteiger partial charge in [-0.2, -0.15) is 5.10 Å². The van der Waals surface area contributed by atoms with Crippen molar-refractivity contribution in [2.24, 2.45) is 0 Å². The van der Waals surface area contributed by atoms with Crippen LogP contribution in [0.25, 0.3) is 16.9 Å². The lowest BCUT2D eigenvalue weighted by molar-refractivity contribution is 0.0786. The lowest BCUT2D eigenvalue weighted by Crippen LogP contribution is -2.25. The van der Waals surface area contributed by atoms with Crippen molar-refractivity contribution >= 4 is 17.2 Å². The Bertz CT molecular complexity index is 1040. The fourth-order valence-corrected chi connectivity index (χ4v) is 3.79. The van der Waals surface area contributed by atoms with E-state index in [9.17, 15) is 4.79 Å². The van der Waals surface area contributed by atoms with Crippen molar-refractivity contribution in [3.63, 3.8) is 0 Å². The summed E-state index contributed by atoms with van der Waals surface area (Å²) in [6, 6.07) is 23.7. The van der Waals surface area contributed by atoms with Gasteiger partial charge >= 0.3 is 0 Å². The van der Waals surface area contributed by atoms with E-state index in [4.69, 9.17) is 0 Å². The molecule has 0 unspecified atom stereocenters. The van der Waals surface area contributed by atoms with E-state index in [2.05, 4.69) is 17.2 Å². The van der Waals surface area contributed by atoms with Crippen LogP contribution in [0.2, 0.25) is 0 Å². The summed E-state index contributed by atoms with van der Waals surface area (Å²) in [7, 11) is 1.83. The molecule has 0 saturated carbocycles. The summed E-state index contributed by atoms with van der Waals surface area (Å²) in [5.41, 5.74) is 3.60. The average molecular weight is 373 g/mol. The molecular formula is C22H19N3OS. The van der Waals surface area contributed by atoms with Gasteiger partial charge in [-0.25, -0.2) is 4.68 Å². The first kappa shape index (κ1) is 17.2. The Kier molecular flexibility index (Phi) is 4.85. The fourth-order valence-electron chi connectivity index (χ4n) is 3.04. The van der Waals surface area contributed by atoms with Crippen molar-refractivity contribution in [1.82, 2.24) is 14.7 Å². The SMILES string of the molecule is CN(Cc1cccs1)C(=O)c1cccc(-n2nccc2-c2ccccc2)c1. The second kappa shape index (κ2) is 7.60. The lowest BCUT2D eigenvalue weighted by atomic mass is 10.1. The second-order valence-electron chi connectivity index (χ2n) is 6.29. The molecule has 2 aromatic carbocycles. The third-order valence-corrected chi connectivity index (χ3v) is 5.23. The van der Waals surface area contributed by atoms with Gasteiger partial charge in [0.15, 0.2) is 0 Å². The predicted octanol–water partition coefficient (Wildman–Crippen LogP) is 4.87. The van der Waals surface area contributed by atoms with Gasteiger partial charge in [-0.3, -0.25) is 4.79 Å². The van der Waals surface area contributed by atoms with Gasteiger partial charge in [0.25, 0.3) is 5.91 Å². The Balaban J connectivity index is 1.62. The van der Waals surface area contributed by atoms with Crippen molar-refractivity contribution in [3.8, 4) is 16.9 Å². The molecule has 134 valence electrons. The highest BCUT2D eigenvalue weighted by Gasteiger charge is 2.14. The average Bonchev–Trinajstić information content (AvgIpc) is 3.40. The Hall–Kier alpha value is -3.18. The second-order valence-corrected chi connectivity index (χ2v) is 7.32. The van der Waals surface area contributed by atoms with Crippen LogP contribution in [0.5, 0.6) is 0 Å². The minimum atomic E-state index is -0.00123. The third kappa shape index (κ3) is 3.68. The highest BCUT2D eigenvalue weighted by atomic mass is 32.1. The predicted molar refractivity (Wildman–Crippen MR) is 109 cm³/mol. The van der Waals surface area contributed by atoms with Crippen molar-refractivity contribution in [3.05, 3.63) is 94.8 Å². The van der Waals surface area contributed by atoms with E-state index >= 15 is 0 Å². The fraction of sp³-hybridized carbons (Fsp3) is 0.0909. The van der Waals surface area contributed by atoms with Gasteiger partial charge in [0, 0.05) is 23.1 Å². The zero-order valence-corrected chi connectivity index (χ0v) is 15.8. The minimum absolute atomic E-state index is 0.00123. The molecule has 0 fully saturated rings. The van der Waals surface area contributed by atoms with Crippen LogP contribution in [0, 0.1) is 0 Å². The van der Waals surface area contributed by atoms with E-state index in [0.29, 0.717) is 12.1 Å². The maximum absolute atomic E-state index is 12.8. The molecule has 5 heteroatoms. The molecule has 0 bridgehead atoms. The molecule has 4 nitrogen and oxygen atoms in total. The third-order valence-electron chi connectivity index (χ3n) is 4.37. The Morgan fingerprint density at radius 2 is 1.89 bits per heavy atom. The van der Waals surface area contributed by atoms with Gasteiger partial charge < -0.3 is 4.90 Å². The summed E-state index contributed by atoms with van der Waals surface area (Å²) in [4.78, 5) is 15.8. The van der Waals surface area contributed by atoms with Crippen molar-refractivity contribution in [2.45, 2.75) is 6.54 Å². The van der Waals surface area contributed by atoms with Gasteiger partial charge in [0.2, 0.25) is 0 Å². The first-order valence-corrected chi connectivity index (χ1v) is 9.58. The molecule has 2 heterocycles. The van der Waals surface area contributed by atoms with Crippen LogP contribution >= 0.6 is 11.3 Å². The number of benzene rings is 2. The number of rotatable bonds is 5. The number of aromatic nitrogens is 2. The molecule has 0 spiro atoms. The number of carbonyl (C=O) groups is 1. The number of carbonyl (C=O) groups excluding carboxylic acids is 1. The van der Waals surface area contributed by atoms with Gasteiger partial charge in [0.05, 0.1) is 24.1 Å². The number of thiophene rings is 1. The van der Waals surface area contributed by atoms with E-state index in [1.54, 1.807) is 22.4 Å². The summed E-state index contributed by atoms with van der Waals surface area (Å²) < 4.78 is 1.87. The molecule has 0 aliphatic heterocycles. The molecule has 4 rings (SSSR count). The smallest absolute Gasteiger partial charge is 0.253 e. The van der Waals surface area contributed by atoms with Crippen molar-refractivity contribution in [2.75, 3.05) is 7.05 Å². The zero-order valence-electron chi connectivity index (χ0n) is 14.9.